The molecule has 19 heavy (non-hydrogen) atoms. The van der Waals surface area contributed by atoms with Crippen LogP contribution in [0, 0.1) is 0 Å². The van der Waals surface area contributed by atoms with Crippen LogP contribution >= 0.6 is 0 Å². The summed E-state index contributed by atoms with van der Waals surface area (Å²) in [4.78, 5) is 11.2. The lowest BCUT2D eigenvalue weighted by atomic mass is 9.93. The average molecular weight is 266 g/mol. The molecule has 4 N–H and O–H groups in total. The van der Waals surface area contributed by atoms with Gasteiger partial charge in [0.2, 0.25) is 0 Å². The minimum atomic E-state index is -1.07. The van der Waals surface area contributed by atoms with Crippen LogP contribution in [0.4, 0.5) is 0 Å². The fourth-order valence-corrected chi connectivity index (χ4v) is 2.26. The smallest absolute Gasteiger partial charge is 0.314 e. The Bertz CT molecular complexity index is 449. The monoisotopic (exact) mass is 266 g/mol. The van der Waals surface area contributed by atoms with Gasteiger partial charge in [-0.25, -0.2) is 0 Å². The fraction of sp³-hybridized carbons (Fsp3) is 0.500. The van der Waals surface area contributed by atoms with Crippen molar-refractivity contribution in [1.29, 1.82) is 0 Å². The number of benzene rings is 1. The third-order valence-corrected chi connectivity index (χ3v) is 3.75. The third-order valence-electron chi connectivity index (χ3n) is 3.75. The van der Waals surface area contributed by atoms with Crippen molar-refractivity contribution in [2.24, 2.45) is 0 Å². The van der Waals surface area contributed by atoms with Crippen LogP contribution in [0.15, 0.2) is 24.3 Å². The van der Waals surface area contributed by atoms with Gasteiger partial charge in [0.1, 0.15) is 6.10 Å². The molecule has 0 aromatic heterocycles. The van der Waals surface area contributed by atoms with Crippen molar-refractivity contribution in [1.82, 2.24) is 0 Å². The highest BCUT2D eigenvalue weighted by Gasteiger charge is 2.51. The molecule has 104 valence electrons. The molecule has 0 aliphatic heterocycles. The predicted molar refractivity (Wildman–Crippen MR) is 67.7 cm³/mol. The number of aliphatic carboxylic acids is 1. The Morgan fingerprint density at radius 3 is 2.21 bits per heavy atom. The van der Waals surface area contributed by atoms with Crippen LogP contribution in [0.5, 0.6) is 0 Å². The van der Waals surface area contributed by atoms with E-state index in [-0.39, 0.29) is 13.0 Å². The van der Waals surface area contributed by atoms with Crippen LogP contribution in [0.2, 0.25) is 0 Å². The molecule has 1 aliphatic carbocycles. The number of aliphatic hydroxyl groups is 3. The fourth-order valence-electron chi connectivity index (χ4n) is 2.26. The van der Waals surface area contributed by atoms with E-state index < -0.39 is 23.6 Å². The van der Waals surface area contributed by atoms with E-state index in [2.05, 4.69) is 0 Å². The molecule has 1 aromatic carbocycles. The summed E-state index contributed by atoms with van der Waals surface area (Å²) >= 11 is 0. The quantitative estimate of drug-likeness (QED) is 0.604. The highest BCUT2D eigenvalue weighted by atomic mass is 16.4. The Balaban J connectivity index is 2.13. The second kappa shape index (κ2) is 5.28. The summed E-state index contributed by atoms with van der Waals surface area (Å²) < 4.78 is 0. The summed E-state index contributed by atoms with van der Waals surface area (Å²) in [5.74, 6) is -0.818. The summed E-state index contributed by atoms with van der Waals surface area (Å²) in [5.41, 5.74) is 0.492. The zero-order valence-corrected chi connectivity index (χ0v) is 10.5. The van der Waals surface area contributed by atoms with Crippen molar-refractivity contribution in [3.05, 3.63) is 35.4 Å². The van der Waals surface area contributed by atoms with Crippen molar-refractivity contribution in [3.8, 4) is 0 Å². The molecule has 0 saturated heterocycles. The van der Waals surface area contributed by atoms with E-state index in [0.29, 0.717) is 18.4 Å². The molecule has 5 nitrogen and oxygen atoms in total. The first-order chi connectivity index (χ1) is 9.01. The van der Waals surface area contributed by atoms with E-state index in [1.54, 1.807) is 24.3 Å². The molecule has 1 saturated carbocycles. The van der Waals surface area contributed by atoms with E-state index in [1.165, 1.54) is 0 Å². The van der Waals surface area contributed by atoms with Crippen molar-refractivity contribution < 1.29 is 25.2 Å². The van der Waals surface area contributed by atoms with Gasteiger partial charge in [-0.3, -0.25) is 4.79 Å². The number of carbonyl (C=O) groups is 1. The first-order valence-corrected chi connectivity index (χ1v) is 6.32. The molecule has 0 amide bonds. The lowest BCUT2D eigenvalue weighted by Crippen LogP contribution is -2.21. The highest BCUT2D eigenvalue weighted by Crippen LogP contribution is 2.48. The average Bonchev–Trinajstić information content (AvgIpc) is 3.20. The van der Waals surface area contributed by atoms with Crippen LogP contribution in [0.25, 0.3) is 0 Å². The van der Waals surface area contributed by atoms with Gasteiger partial charge in [-0.15, -0.1) is 0 Å². The topological polar surface area (TPSA) is 98.0 Å². The Morgan fingerprint density at radius 1 is 1.21 bits per heavy atom. The molecule has 0 radical (unpaired) electrons. The third kappa shape index (κ3) is 2.63. The zero-order valence-electron chi connectivity index (χ0n) is 10.5. The summed E-state index contributed by atoms with van der Waals surface area (Å²) in [7, 11) is 0. The number of hydrogen-bond acceptors (Lipinski definition) is 4. The SMILES string of the molecule is O=C(O)C1(c2ccc(C(O)C(O)CCO)cc2)CC1. The normalized spacial score (nSPS) is 19.7. The molecule has 0 spiro atoms. The van der Waals surface area contributed by atoms with Gasteiger partial charge in [-0.05, 0) is 30.4 Å². The largest absolute Gasteiger partial charge is 0.481 e. The number of carboxylic acid groups (broad SMARTS) is 1. The number of carboxylic acids is 1. The van der Waals surface area contributed by atoms with Gasteiger partial charge in [-0.2, -0.15) is 0 Å². The summed E-state index contributed by atoms with van der Waals surface area (Å²) in [6.07, 6.45) is -0.720. The minimum Gasteiger partial charge on any atom is -0.481 e. The second-order valence-electron chi connectivity index (χ2n) is 5.03. The van der Waals surface area contributed by atoms with Crippen molar-refractivity contribution >= 4 is 5.97 Å². The molecule has 5 heteroatoms. The number of aliphatic hydroxyl groups excluding tert-OH is 3. The minimum absolute atomic E-state index is 0.0992. The Kier molecular flexibility index (Phi) is 3.89. The zero-order chi connectivity index (χ0) is 14.0. The molecule has 2 rings (SSSR count). The van der Waals surface area contributed by atoms with Gasteiger partial charge in [0.15, 0.2) is 0 Å². The maximum Gasteiger partial charge on any atom is 0.314 e. The van der Waals surface area contributed by atoms with Gasteiger partial charge in [0, 0.05) is 6.61 Å². The van der Waals surface area contributed by atoms with Crippen molar-refractivity contribution in [2.75, 3.05) is 6.61 Å². The molecular formula is C14H18O5. The van der Waals surface area contributed by atoms with Crippen LogP contribution in [0.3, 0.4) is 0 Å². The standard InChI is InChI=1S/C14H18O5/c15-8-5-11(16)12(17)9-1-3-10(4-2-9)14(6-7-14)13(18)19/h1-4,11-12,15-17H,5-8H2,(H,18,19). The number of rotatable bonds is 6. The van der Waals surface area contributed by atoms with E-state index >= 15 is 0 Å². The summed E-state index contributed by atoms with van der Waals surface area (Å²) in [5, 5.41) is 37.4. The summed E-state index contributed by atoms with van der Waals surface area (Å²) in [6.45, 7) is -0.196. The predicted octanol–water partition coefficient (Wildman–Crippen LogP) is 0.579. The molecule has 0 bridgehead atoms. The Hall–Kier alpha value is -1.43. The van der Waals surface area contributed by atoms with Gasteiger partial charge in [0.25, 0.3) is 0 Å². The van der Waals surface area contributed by atoms with Gasteiger partial charge >= 0.3 is 5.97 Å². The van der Waals surface area contributed by atoms with E-state index in [1.807, 2.05) is 0 Å². The van der Waals surface area contributed by atoms with Crippen LogP contribution < -0.4 is 0 Å². The van der Waals surface area contributed by atoms with Crippen LogP contribution in [0.1, 0.15) is 36.5 Å². The van der Waals surface area contributed by atoms with Crippen LogP contribution in [-0.4, -0.2) is 39.1 Å². The first kappa shape index (κ1) is 14.0. The molecular weight excluding hydrogens is 248 g/mol. The molecule has 0 heterocycles. The Morgan fingerprint density at radius 2 is 1.79 bits per heavy atom. The van der Waals surface area contributed by atoms with Gasteiger partial charge in [-0.1, -0.05) is 24.3 Å². The first-order valence-electron chi connectivity index (χ1n) is 6.32. The second-order valence-corrected chi connectivity index (χ2v) is 5.03. The maximum absolute atomic E-state index is 11.2. The lowest BCUT2D eigenvalue weighted by molar-refractivity contribution is -0.140. The lowest BCUT2D eigenvalue weighted by Gasteiger charge is -2.18. The van der Waals surface area contributed by atoms with E-state index in [9.17, 15) is 20.1 Å². The maximum atomic E-state index is 11.2. The molecule has 1 aromatic rings. The summed E-state index contributed by atoms with van der Waals surface area (Å²) in [6, 6.07) is 6.63. The highest BCUT2D eigenvalue weighted by molar-refractivity contribution is 5.84. The van der Waals surface area contributed by atoms with E-state index in [0.717, 1.165) is 5.56 Å². The molecule has 1 aliphatic rings. The number of hydrogen-bond donors (Lipinski definition) is 4. The Labute approximate surface area is 111 Å². The van der Waals surface area contributed by atoms with Crippen molar-refractivity contribution in [3.63, 3.8) is 0 Å². The molecule has 2 unspecified atom stereocenters. The molecule has 1 fully saturated rings. The van der Waals surface area contributed by atoms with E-state index in [4.69, 9.17) is 5.11 Å². The van der Waals surface area contributed by atoms with Gasteiger partial charge < -0.3 is 20.4 Å². The molecule has 2 atom stereocenters. The van der Waals surface area contributed by atoms with Gasteiger partial charge in [0.05, 0.1) is 11.5 Å². The van der Waals surface area contributed by atoms with Crippen LogP contribution in [-0.2, 0) is 10.2 Å². The van der Waals surface area contributed by atoms with Crippen molar-refractivity contribution in [2.45, 2.75) is 36.9 Å².